The highest BCUT2D eigenvalue weighted by atomic mass is 16.5. The lowest BCUT2D eigenvalue weighted by Gasteiger charge is -2.28. The van der Waals surface area contributed by atoms with Gasteiger partial charge in [-0.2, -0.15) is 0 Å². The maximum atomic E-state index is 11.6. The van der Waals surface area contributed by atoms with Crippen molar-refractivity contribution >= 4 is 5.97 Å². The van der Waals surface area contributed by atoms with Gasteiger partial charge in [0.2, 0.25) is 0 Å². The molecule has 100 valence electrons. The van der Waals surface area contributed by atoms with Gasteiger partial charge in [0.05, 0.1) is 18.1 Å². The van der Waals surface area contributed by atoms with E-state index in [1.54, 1.807) is 20.8 Å². The van der Waals surface area contributed by atoms with Crippen LogP contribution in [0, 0.1) is 5.92 Å². The van der Waals surface area contributed by atoms with E-state index in [0.29, 0.717) is 13.0 Å². The lowest BCUT2D eigenvalue weighted by atomic mass is 9.85. The minimum absolute atomic E-state index is 0.337. The molecule has 2 atom stereocenters. The van der Waals surface area contributed by atoms with Crippen LogP contribution in [0.1, 0.15) is 32.8 Å². The van der Waals surface area contributed by atoms with Crippen molar-refractivity contribution in [3.05, 3.63) is 35.9 Å². The number of benzene rings is 1. The lowest BCUT2D eigenvalue weighted by Crippen LogP contribution is -2.39. The van der Waals surface area contributed by atoms with Crippen LogP contribution in [0.4, 0.5) is 0 Å². The van der Waals surface area contributed by atoms with Gasteiger partial charge in [-0.15, -0.1) is 0 Å². The molecule has 0 saturated carbocycles. The molecule has 0 fully saturated rings. The molecular formula is C15H22O3. The molecule has 0 aliphatic carbocycles. The second-order valence-corrected chi connectivity index (χ2v) is 4.82. The molecule has 1 aromatic rings. The minimum atomic E-state index is -1.04. The average molecular weight is 250 g/mol. The number of carbonyl (C=O) groups is 1. The van der Waals surface area contributed by atoms with Crippen molar-refractivity contribution < 1.29 is 14.6 Å². The second-order valence-electron chi connectivity index (χ2n) is 4.82. The molecule has 1 rings (SSSR count). The van der Waals surface area contributed by atoms with Crippen LogP contribution in [0.25, 0.3) is 0 Å². The number of rotatable bonds is 6. The van der Waals surface area contributed by atoms with Crippen molar-refractivity contribution in [2.75, 3.05) is 6.61 Å². The Morgan fingerprint density at radius 1 is 1.39 bits per heavy atom. The molecule has 18 heavy (non-hydrogen) atoms. The van der Waals surface area contributed by atoms with E-state index in [4.69, 9.17) is 4.74 Å². The van der Waals surface area contributed by atoms with Crippen LogP contribution < -0.4 is 0 Å². The molecule has 0 aliphatic heterocycles. The Bertz CT molecular complexity index is 371. The third-order valence-corrected chi connectivity index (χ3v) is 3.34. The van der Waals surface area contributed by atoms with Crippen LogP contribution in [0.5, 0.6) is 0 Å². The number of hydrogen-bond acceptors (Lipinski definition) is 3. The van der Waals surface area contributed by atoms with Crippen LogP contribution in [0.3, 0.4) is 0 Å². The molecule has 0 heterocycles. The molecule has 0 aliphatic rings. The molecule has 3 heteroatoms. The third kappa shape index (κ3) is 4.15. The maximum Gasteiger partial charge on any atom is 0.311 e. The molecule has 2 unspecified atom stereocenters. The topological polar surface area (TPSA) is 46.5 Å². The van der Waals surface area contributed by atoms with Gasteiger partial charge in [-0.25, -0.2) is 0 Å². The van der Waals surface area contributed by atoms with Gasteiger partial charge >= 0.3 is 5.97 Å². The standard InChI is InChI=1S/C15H22O3/c1-4-18-14(16)12(2)15(3,17)11-10-13-8-6-5-7-9-13/h5-9,12,17H,4,10-11H2,1-3H3. The molecule has 0 aromatic heterocycles. The summed E-state index contributed by atoms with van der Waals surface area (Å²) in [5, 5.41) is 10.3. The molecule has 0 amide bonds. The summed E-state index contributed by atoms with van der Waals surface area (Å²) < 4.78 is 4.94. The second kappa shape index (κ2) is 6.55. The number of esters is 1. The van der Waals surface area contributed by atoms with Crippen molar-refractivity contribution in [3.63, 3.8) is 0 Å². The average Bonchev–Trinajstić information content (AvgIpc) is 2.37. The first-order chi connectivity index (χ1) is 8.47. The smallest absolute Gasteiger partial charge is 0.311 e. The van der Waals surface area contributed by atoms with Crippen molar-refractivity contribution in [2.45, 2.75) is 39.2 Å². The van der Waals surface area contributed by atoms with Gasteiger partial charge in [-0.05, 0) is 39.2 Å². The Kier molecular flexibility index (Phi) is 5.35. The molecular weight excluding hydrogens is 228 g/mol. The SMILES string of the molecule is CCOC(=O)C(C)C(C)(O)CCc1ccccc1. The molecule has 0 bridgehead atoms. The van der Waals surface area contributed by atoms with E-state index >= 15 is 0 Å². The van der Waals surface area contributed by atoms with Crippen LogP contribution in [-0.4, -0.2) is 23.3 Å². The maximum absolute atomic E-state index is 11.6. The van der Waals surface area contributed by atoms with Gasteiger partial charge < -0.3 is 9.84 Å². The van der Waals surface area contributed by atoms with Gasteiger partial charge in [0.25, 0.3) is 0 Å². The molecule has 0 radical (unpaired) electrons. The van der Waals surface area contributed by atoms with Crippen molar-refractivity contribution in [1.82, 2.24) is 0 Å². The summed E-state index contributed by atoms with van der Waals surface area (Å²) in [5.74, 6) is -0.850. The molecule has 0 saturated heterocycles. The van der Waals surface area contributed by atoms with Gasteiger partial charge in [0.1, 0.15) is 0 Å². The van der Waals surface area contributed by atoms with E-state index in [0.717, 1.165) is 12.0 Å². The highest BCUT2D eigenvalue weighted by molar-refractivity contribution is 5.73. The van der Waals surface area contributed by atoms with Gasteiger partial charge in [0.15, 0.2) is 0 Å². The molecule has 3 nitrogen and oxygen atoms in total. The van der Waals surface area contributed by atoms with E-state index < -0.39 is 11.5 Å². The predicted octanol–water partition coefficient (Wildman–Crippen LogP) is 2.57. The molecule has 1 aromatic carbocycles. The fourth-order valence-corrected chi connectivity index (χ4v) is 1.78. The van der Waals surface area contributed by atoms with E-state index in [2.05, 4.69) is 0 Å². The van der Waals surface area contributed by atoms with E-state index in [1.807, 2.05) is 30.3 Å². The summed E-state index contributed by atoms with van der Waals surface area (Å²) in [7, 11) is 0. The number of aryl methyl sites for hydroxylation is 1. The van der Waals surface area contributed by atoms with E-state index in [-0.39, 0.29) is 5.97 Å². The zero-order valence-electron chi connectivity index (χ0n) is 11.3. The summed E-state index contributed by atoms with van der Waals surface area (Å²) in [5.41, 5.74) is 0.121. The third-order valence-electron chi connectivity index (χ3n) is 3.34. The Morgan fingerprint density at radius 3 is 2.56 bits per heavy atom. The lowest BCUT2D eigenvalue weighted by molar-refractivity contribution is -0.156. The molecule has 1 N–H and O–H groups in total. The summed E-state index contributed by atoms with van der Waals surface area (Å²) in [6.45, 7) is 5.52. The van der Waals surface area contributed by atoms with Crippen LogP contribution in [-0.2, 0) is 16.0 Å². The normalized spacial score (nSPS) is 15.8. The highest BCUT2D eigenvalue weighted by Crippen LogP contribution is 2.24. The van der Waals surface area contributed by atoms with Crippen LogP contribution >= 0.6 is 0 Å². The Labute approximate surface area is 109 Å². The summed E-state index contributed by atoms with van der Waals surface area (Å²) in [6, 6.07) is 9.94. The number of carbonyl (C=O) groups excluding carboxylic acids is 1. The Balaban J connectivity index is 2.56. The van der Waals surface area contributed by atoms with Gasteiger partial charge in [-0.1, -0.05) is 30.3 Å². The highest BCUT2D eigenvalue weighted by Gasteiger charge is 2.34. The van der Waals surface area contributed by atoms with Crippen molar-refractivity contribution in [1.29, 1.82) is 0 Å². The Hall–Kier alpha value is -1.35. The quantitative estimate of drug-likeness (QED) is 0.789. The fraction of sp³-hybridized carbons (Fsp3) is 0.533. The zero-order chi connectivity index (χ0) is 13.6. The number of hydrogen-bond donors (Lipinski definition) is 1. The summed E-state index contributed by atoms with van der Waals surface area (Å²) in [4.78, 5) is 11.6. The summed E-state index contributed by atoms with van der Waals surface area (Å²) >= 11 is 0. The molecule has 0 spiro atoms. The predicted molar refractivity (Wildman–Crippen MR) is 71.2 cm³/mol. The first-order valence-corrected chi connectivity index (χ1v) is 6.40. The number of aliphatic hydroxyl groups is 1. The first kappa shape index (κ1) is 14.7. The fourth-order valence-electron chi connectivity index (χ4n) is 1.78. The monoisotopic (exact) mass is 250 g/mol. The zero-order valence-corrected chi connectivity index (χ0v) is 11.3. The van der Waals surface area contributed by atoms with Crippen LogP contribution in [0.2, 0.25) is 0 Å². The number of ether oxygens (including phenoxy) is 1. The van der Waals surface area contributed by atoms with Crippen molar-refractivity contribution in [3.8, 4) is 0 Å². The first-order valence-electron chi connectivity index (χ1n) is 6.40. The van der Waals surface area contributed by atoms with Gasteiger partial charge in [-0.3, -0.25) is 4.79 Å². The van der Waals surface area contributed by atoms with Crippen LogP contribution in [0.15, 0.2) is 30.3 Å². The minimum Gasteiger partial charge on any atom is -0.466 e. The Morgan fingerprint density at radius 2 is 2.00 bits per heavy atom. The van der Waals surface area contributed by atoms with Crippen molar-refractivity contribution in [2.24, 2.45) is 5.92 Å². The van der Waals surface area contributed by atoms with Gasteiger partial charge in [0, 0.05) is 0 Å². The summed E-state index contributed by atoms with van der Waals surface area (Å²) in [6.07, 6.45) is 1.29. The van der Waals surface area contributed by atoms with E-state index in [1.165, 1.54) is 0 Å². The largest absolute Gasteiger partial charge is 0.466 e. The van der Waals surface area contributed by atoms with E-state index in [9.17, 15) is 9.90 Å².